The van der Waals surface area contributed by atoms with Gasteiger partial charge in [-0.25, -0.2) is 9.97 Å². The number of halogens is 1. The Morgan fingerprint density at radius 2 is 1.79 bits per heavy atom. The lowest BCUT2D eigenvalue weighted by molar-refractivity contribution is 0.366. The van der Waals surface area contributed by atoms with Gasteiger partial charge in [0.05, 0.1) is 16.7 Å². The maximum atomic E-state index is 5.06. The summed E-state index contributed by atoms with van der Waals surface area (Å²) in [5, 5.41) is 3.68. The van der Waals surface area contributed by atoms with Gasteiger partial charge in [-0.2, -0.15) is 0 Å². The molecule has 4 heterocycles. The third-order valence-corrected chi connectivity index (χ3v) is 5.80. The number of aromatic amines is 1. The Kier molecular flexibility index (Phi) is 6.54. The van der Waals surface area contributed by atoms with Gasteiger partial charge in [-0.1, -0.05) is 30.3 Å². The second-order valence-corrected chi connectivity index (χ2v) is 7.48. The Balaban J connectivity index is 0.00000112. The van der Waals surface area contributed by atoms with Gasteiger partial charge in [-0.05, 0) is 43.9 Å². The van der Waals surface area contributed by atoms with Crippen LogP contribution >= 0.6 is 12.4 Å². The largest absolute Gasteiger partial charge is 0.412 e. The molecule has 0 bridgehead atoms. The van der Waals surface area contributed by atoms with E-state index in [2.05, 4.69) is 51.6 Å². The summed E-state index contributed by atoms with van der Waals surface area (Å²) in [6.07, 6.45) is 6.68. The van der Waals surface area contributed by atoms with E-state index in [9.17, 15) is 0 Å². The molecular formula is C21H28ClN5O. The van der Waals surface area contributed by atoms with Crippen molar-refractivity contribution in [2.75, 3.05) is 24.5 Å². The van der Waals surface area contributed by atoms with Gasteiger partial charge in [0.1, 0.15) is 0 Å². The second kappa shape index (κ2) is 8.90. The molecule has 0 radical (unpaired) electrons. The van der Waals surface area contributed by atoms with Crippen LogP contribution in [0.25, 0.3) is 11.0 Å². The molecule has 4 N–H and O–H groups in total. The van der Waals surface area contributed by atoms with Crippen LogP contribution in [0.3, 0.4) is 0 Å². The molecule has 0 amide bonds. The van der Waals surface area contributed by atoms with Crippen LogP contribution in [0.15, 0.2) is 42.6 Å². The molecule has 2 aromatic heterocycles. The van der Waals surface area contributed by atoms with E-state index in [1.54, 1.807) is 0 Å². The van der Waals surface area contributed by atoms with Gasteiger partial charge in [0, 0.05) is 31.2 Å². The third kappa shape index (κ3) is 3.85. The van der Waals surface area contributed by atoms with Gasteiger partial charge >= 0.3 is 0 Å². The monoisotopic (exact) mass is 401 g/mol. The summed E-state index contributed by atoms with van der Waals surface area (Å²) in [5.41, 5.74) is 4.73. The SMILES string of the molecule is Cl.O.c1ccc(C2CC(c3nc(N4CCCC4)nc4cc[nH]c34)CCN2)cc1. The van der Waals surface area contributed by atoms with Crippen molar-refractivity contribution in [3.05, 3.63) is 53.9 Å². The van der Waals surface area contributed by atoms with Crippen molar-refractivity contribution in [1.82, 2.24) is 20.3 Å². The summed E-state index contributed by atoms with van der Waals surface area (Å²) < 4.78 is 0. The van der Waals surface area contributed by atoms with Crippen molar-refractivity contribution in [3.8, 4) is 0 Å². The molecular weight excluding hydrogens is 374 g/mol. The van der Waals surface area contributed by atoms with E-state index in [0.717, 1.165) is 49.5 Å². The normalized spacial score (nSPS) is 21.9. The quantitative estimate of drug-likeness (QED) is 0.704. The molecule has 0 aliphatic carbocycles. The second-order valence-electron chi connectivity index (χ2n) is 7.48. The molecule has 7 heteroatoms. The predicted molar refractivity (Wildman–Crippen MR) is 115 cm³/mol. The van der Waals surface area contributed by atoms with Crippen molar-refractivity contribution < 1.29 is 5.48 Å². The minimum absolute atomic E-state index is 0. The van der Waals surface area contributed by atoms with Crippen molar-refractivity contribution in [2.24, 2.45) is 0 Å². The molecule has 2 saturated heterocycles. The molecule has 28 heavy (non-hydrogen) atoms. The molecule has 2 aliphatic rings. The Hall–Kier alpha value is -2.15. The molecule has 2 atom stereocenters. The number of nitrogens with zero attached hydrogens (tertiary/aromatic N) is 3. The smallest absolute Gasteiger partial charge is 0.226 e. The Bertz CT molecular complexity index is 894. The average Bonchev–Trinajstić information content (AvgIpc) is 3.40. The van der Waals surface area contributed by atoms with Gasteiger partial charge in [-0.15, -0.1) is 12.4 Å². The summed E-state index contributed by atoms with van der Waals surface area (Å²) in [6.45, 7) is 3.18. The fraction of sp³-hybridized carbons (Fsp3) is 0.429. The first-order valence-corrected chi connectivity index (χ1v) is 9.77. The van der Waals surface area contributed by atoms with E-state index in [4.69, 9.17) is 9.97 Å². The first kappa shape index (κ1) is 20.6. The summed E-state index contributed by atoms with van der Waals surface area (Å²) in [5.74, 6) is 1.37. The van der Waals surface area contributed by atoms with E-state index in [0.29, 0.717) is 12.0 Å². The number of fused-ring (bicyclic) bond motifs is 1. The van der Waals surface area contributed by atoms with Crippen molar-refractivity contribution >= 4 is 29.4 Å². The zero-order valence-corrected chi connectivity index (χ0v) is 16.7. The number of hydrogen-bond donors (Lipinski definition) is 2. The van der Waals surface area contributed by atoms with Crippen molar-refractivity contribution in [2.45, 2.75) is 37.6 Å². The molecule has 6 nitrogen and oxygen atoms in total. The van der Waals surface area contributed by atoms with Crippen LogP contribution < -0.4 is 10.2 Å². The predicted octanol–water partition coefficient (Wildman–Crippen LogP) is 3.36. The maximum absolute atomic E-state index is 5.06. The van der Waals surface area contributed by atoms with Crippen molar-refractivity contribution in [3.63, 3.8) is 0 Å². The third-order valence-electron chi connectivity index (χ3n) is 5.80. The Morgan fingerprint density at radius 1 is 1.00 bits per heavy atom. The van der Waals surface area contributed by atoms with E-state index in [1.165, 1.54) is 24.1 Å². The van der Waals surface area contributed by atoms with Gasteiger partial charge in [-0.3, -0.25) is 0 Å². The number of aromatic nitrogens is 3. The molecule has 3 aromatic rings. The van der Waals surface area contributed by atoms with Crippen molar-refractivity contribution in [1.29, 1.82) is 0 Å². The highest BCUT2D eigenvalue weighted by atomic mass is 35.5. The Morgan fingerprint density at radius 3 is 2.57 bits per heavy atom. The van der Waals surface area contributed by atoms with Crippen LogP contribution in [0, 0.1) is 0 Å². The molecule has 0 spiro atoms. The number of rotatable bonds is 3. The molecule has 2 fully saturated rings. The molecule has 0 saturated carbocycles. The molecule has 2 aliphatic heterocycles. The number of hydrogen-bond acceptors (Lipinski definition) is 4. The van der Waals surface area contributed by atoms with Crippen LogP contribution in [0.2, 0.25) is 0 Å². The topological polar surface area (TPSA) is 88.3 Å². The lowest BCUT2D eigenvalue weighted by Crippen LogP contribution is -2.31. The molecule has 2 unspecified atom stereocenters. The van der Waals surface area contributed by atoms with Crippen LogP contribution in [0.1, 0.15) is 48.9 Å². The lowest BCUT2D eigenvalue weighted by atomic mass is 9.86. The van der Waals surface area contributed by atoms with Gasteiger partial charge in [0.15, 0.2) is 0 Å². The van der Waals surface area contributed by atoms with Gasteiger partial charge in [0.25, 0.3) is 0 Å². The number of anilines is 1. The van der Waals surface area contributed by atoms with E-state index in [1.807, 2.05) is 6.20 Å². The summed E-state index contributed by atoms with van der Waals surface area (Å²) in [7, 11) is 0. The molecule has 5 rings (SSSR count). The average molecular weight is 402 g/mol. The maximum Gasteiger partial charge on any atom is 0.226 e. The summed E-state index contributed by atoms with van der Waals surface area (Å²) in [6, 6.07) is 13.2. The zero-order chi connectivity index (χ0) is 17.3. The minimum atomic E-state index is 0. The number of nitrogens with one attached hydrogen (secondary N) is 2. The van der Waals surface area contributed by atoms with E-state index < -0.39 is 0 Å². The highest BCUT2D eigenvalue weighted by Gasteiger charge is 2.28. The van der Waals surface area contributed by atoms with Crippen LogP contribution in [0.5, 0.6) is 0 Å². The van der Waals surface area contributed by atoms with Gasteiger partial charge < -0.3 is 20.7 Å². The number of H-pyrrole nitrogens is 1. The zero-order valence-electron chi connectivity index (χ0n) is 15.9. The Labute approximate surface area is 171 Å². The minimum Gasteiger partial charge on any atom is -0.412 e. The lowest BCUT2D eigenvalue weighted by Gasteiger charge is -2.31. The highest BCUT2D eigenvalue weighted by Crippen LogP contribution is 2.36. The van der Waals surface area contributed by atoms with E-state index in [-0.39, 0.29) is 17.9 Å². The first-order chi connectivity index (χ1) is 12.9. The fourth-order valence-electron chi connectivity index (χ4n) is 4.41. The summed E-state index contributed by atoms with van der Waals surface area (Å²) >= 11 is 0. The van der Waals surface area contributed by atoms with Crippen LogP contribution in [-0.2, 0) is 0 Å². The van der Waals surface area contributed by atoms with Crippen LogP contribution in [0.4, 0.5) is 5.95 Å². The highest BCUT2D eigenvalue weighted by molar-refractivity contribution is 5.85. The molecule has 1 aromatic carbocycles. The van der Waals surface area contributed by atoms with Crippen LogP contribution in [-0.4, -0.2) is 40.1 Å². The molecule has 150 valence electrons. The van der Waals surface area contributed by atoms with Gasteiger partial charge in [0.2, 0.25) is 5.95 Å². The first-order valence-electron chi connectivity index (χ1n) is 9.77. The fourth-order valence-corrected chi connectivity index (χ4v) is 4.41. The number of benzene rings is 1. The standard InChI is InChI=1S/C21H25N5.ClH.H2O/c1-2-6-15(7-3-1)18-14-16(8-10-22-18)19-20-17(9-11-23-20)24-21(25-19)26-12-4-5-13-26;;/h1-3,6-7,9,11,16,18,22-23H,4-5,8,10,12-14H2;1H;1H2. The number of piperidine rings is 1. The summed E-state index contributed by atoms with van der Waals surface area (Å²) in [4.78, 5) is 15.6. The van der Waals surface area contributed by atoms with E-state index >= 15 is 0 Å².